The van der Waals surface area contributed by atoms with E-state index in [-0.39, 0.29) is 5.13 Å². The van der Waals surface area contributed by atoms with E-state index in [9.17, 15) is 22.4 Å². The van der Waals surface area contributed by atoms with Gasteiger partial charge in [-0.2, -0.15) is 17.6 Å². The highest BCUT2D eigenvalue weighted by atomic mass is 32.1. The molecule has 9 heteroatoms. The number of aromatic nitrogens is 1. The van der Waals surface area contributed by atoms with Gasteiger partial charge in [0.2, 0.25) is 0 Å². The van der Waals surface area contributed by atoms with E-state index in [0.29, 0.717) is 12.8 Å². The third kappa shape index (κ3) is 3.50. The molecule has 1 N–H and O–H groups in total. The van der Waals surface area contributed by atoms with Gasteiger partial charge in [0.25, 0.3) is 0 Å². The zero-order valence-corrected chi connectivity index (χ0v) is 12.9. The van der Waals surface area contributed by atoms with Crippen LogP contribution in [0.15, 0.2) is 29.6 Å². The molecule has 0 bridgehead atoms. The van der Waals surface area contributed by atoms with Gasteiger partial charge in [0.15, 0.2) is 5.13 Å². The van der Waals surface area contributed by atoms with Crippen LogP contribution in [-0.2, 0) is 9.53 Å². The molecule has 1 amide bonds. The molecule has 0 saturated heterocycles. The Morgan fingerprint density at radius 2 is 1.83 bits per heavy atom. The molecule has 1 atom stereocenters. The van der Waals surface area contributed by atoms with E-state index in [0.717, 1.165) is 22.5 Å². The Bertz CT molecular complexity index is 700. The molecule has 1 aromatic heterocycles. The Kier molecular flexibility index (Phi) is 4.71. The van der Waals surface area contributed by atoms with Gasteiger partial charge in [-0.05, 0) is 6.92 Å². The first-order valence-electron chi connectivity index (χ1n) is 6.32. The number of aryl methyl sites for hydroxylation is 1. The fourth-order valence-electron chi connectivity index (χ4n) is 1.70. The fraction of sp³-hybridized carbons (Fsp3) is 0.286. The van der Waals surface area contributed by atoms with Crippen molar-refractivity contribution >= 4 is 22.4 Å². The maximum absolute atomic E-state index is 13.7. The van der Waals surface area contributed by atoms with Gasteiger partial charge in [-0.3, -0.25) is 10.1 Å². The zero-order valence-electron chi connectivity index (χ0n) is 12.1. The number of amides is 1. The third-order valence-corrected chi connectivity index (χ3v) is 3.77. The third-order valence-electron chi connectivity index (χ3n) is 3.01. The first-order valence-corrected chi connectivity index (χ1v) is 7.20. The van der Waals surface area contributed by atoms with Crippen molar-refractivity contribution in [2.45, 2.75) is 19.0 Å². The second-order valence-corrected chi connectivity index (χ2v) is 5.51. The molecule has 0 aliphatic carbocycles. The van der Waals surface area contributed by atoms with E-state index in [1.54, 1.807) is 22.8 Å². The van der Waals surface area contributed by atoms with Gasteiger partial charge < -0.3 is 4.74 Å². The molecule has 1 heterocycles. The highest BCUT2D eigenvalue weighted by molar-refractivity contribution is 7.14. The average Bonchev–Trinajstić information content (AvgIpc) is 2.94. The van der Waals surface area contributed by atoms with Crippen LogP contribution in [0, 0.1) is 6.92 Å². The minimum absolute atomic E-state index is 0.158. The van der Waals surface area contributed by atoms with Gasteiger partial charge >= 0.3 is 17.9 Å². The predicted octanol–water partition coefficient (Wildman–Crippen LogP) is 3.93. The number of methoxy groups -OCH3 is 1. The van der Waals surface area contributed by atoms with Gasteiger partial charge in [0.1, 0.15) is 0 Å². The molecule has 0 aliphatic heterocycles. The number of hydrogen-bond acceptors (Lipinski definition) is 4. The summed E-state index contributed by atoms with van der Waals surface area (Å²) in [6, 6.07) is 7.24. The van der Waals surface area contributed by atoms with Crippen LogP contribution < -0.4 is 5.32 Å². The van der Waals surface area contributed by atoms with E-state index >= 15 is 0 Å². The summed E-state index contributed by atoms with van der Waals surface area (Å²) in [4.78, 5) is 15.5. The van der Waals surface area contributed by atoms with Crippen LogP contribution in [0.5, 0.6) is 0 Å². The summed E-state index contributed by atoms with van der Waals surface area (Å²) in [5.41, 5.74) is 2.21. The Morgan fingerprint density at radius 1 is 1.22 bits per heavy atom. The number of hydrogen-bond donors (Lipinski definition) is 1. The van der Waals surface area contributed by atoms with Crippen LogP contribution in [0.4, 0.5) is 22.7 Å². The number of rotatable bonds is 4. The maximum Gasteiger partial charge on any atom is 0.458 e. The minimum Gasteiger partial charge on any atom is -0.335 e. The number of ether oxygens (including phenoxy) is 1. The lowest BCUT2D eigenvalue weighted by Gasteiger charge is -2.24. The molecular formula is C14H12F4N2O2S. The molecule has 1 unspecified atom stereocenters. The number of anilines is 1. The molecule has 23 heavy (non-hydrogen) atoms. The van der Waals surface area contributed by atoms with Gasteiger partial charge in [-0.25, -0.2) is 4.98 Å². The molecular weight excluding hydrogens is 336 g/mol. The van der Waals surface area contributed by atoms with E-state index in [1.807, 2.05) is 19.1 Å². The monoisotopic (exact) mass is 348 g/mol. The highest BCUT2D eigenvalue weighted by Gasteiger charge is 2.63. The normalized spacial score (nSPS) is 14.3. The number of benzene rings is 1. The molecule has 124 valence electrons. The van der Waals surface area contributed by atoms with Crippen molar-refractivity contribution in [3.63, 3.8) is 0 Å². The minimum atomic E-state index is -5.50. The number of thiazole rings is 1. The van der Waals surface area contributed by atoms with Gasteiger partial charge in [-0.15, -0.1) is 11.3 Å². The standard InChI is InChI=1S/C14H12F4N2O2S/c1-8-3-5-9(6-4-8)10-7-23-12(19-10)20-11(21)13(15,22-2)14(16,17)18/h3-7H,1-2H3,(H,19,20,21). The number of nitrogens with one attached hydrogen (secondary N) is 1. The SMILES string of the molecule is COC(F)(C(=O)Nc1nc(-c2ccc(C)cc2)cs1)C(F)(F)F. The van der Waals surface area contributed by atoms with Crippen molar-refractivity contribution in [2.75, 3.05) is 12.4 Å². The van der Waals surface area contributed by atoms with Crippen LogP contribution >= 0.6 is 11.3 Å². The van der Waals surface area contributed by atoms with E-state index < -0.39 is 17.9 Å². The van der Waals surface area contributed by atoms with Crippen LogP contribution in [0.2, 0.25) is 0 Å². The maximum atomic E-state index is 13.7. The molecule has 0 spiro atoms. The molecule has 2 aromatic rings. The fourth-order valence-corrected chi connectivity index (χ4v) is 2.42. The van der Waals surface area contributed by atoms with Crippen molar-refractivity contribution < 1.29 is 27.1 Å². The van der Waals surface area contributed by atoms with Crippen LogP contribution in [0.3, 0.4) is 0 Å². The zero-order chi connectivity index (χ0) is 17.3. The first-order chi connectivity index (χ1) is 10.7. The van der Waals surface area contributed by atoms with Gasteiger partial charge in [0, 0.05) is 18.1 Å². The lowest BCUT2D eigenvalue weighted by atomic mass is 10.1. The smallest absolute Gasteiger partial charge is 0.335 e. The van der Waals surface area contributed by atoms with E-state index in [2.05, 4.69) is 9.72 Å². The lowest BCUT2D eigenvalue weighted by Crippen LogP contribution is -2.52. The second kappa shape index (κ2) is 6.25. The molecule has 1 aromatic carbocycles. The van der Waals surface area contributed by atoms with Crippen molar-refractivity contribution in [1.82, 2.24) is 4.98 Å². The molecule has 0 fully saturated rings. The molecule has 0 aliphatic rings. The van der Waals surface area contributed by atoms with Crippen LogP contribution in [0.1, 0.15) is 5.56 Å². The van der Waals surface area contributed by atoms with Crippen molar-refractivity contribution in [3.8, 4) is 11.3 Å². The van der Waals surface area contributed by atoms with Crippen LogP contribution in [0.25, 0.3) is 11.3 Å². The Morgan fingerprint density at radius 3 is 2.35 bits per heavy atom. The van der Waals surface area contributed by atoms with Crippen LogP contribution in [-0.4, -0.2) is 30.0 Å². The molecule has 0 saturated carbocycles. The summed E-state index contributed by atoms with van der Waals surface area (Å²) in [5, 5.41) is 3.17. The van der Waals surface area contributed by atoms with E-state index in [4.69, 9.17) is 0 Å². The largest absolute Gasteiger partial charge is 0.458 e. The van der Waals surface area contributed by atoms with Crippen molar-refractivity contribution in [3.05, 3.63) is 35.2 Å². The van der Waals surface area contributed by atoms with Crippen molar-refractivity contribution in [2.24, 2.45) is 0 Å². The number of halogens is 4. The number of nitrogens with zero attached hydrogens (tertiary/aromatic N) is 1. The molecule has 0 radical (unpaired) electrons. The topological polar surface area (TPSA) is 51.2 Å². The summed E-state index contributed by atoms with van der Waals surface area (Å²) in [5.74, 6) is -6.40. The van der Waals surface area contributed by atoms with E-state index in [1.165, 1.54) is 0 Å². The number of alkyl halides is 4. The summed E-state index contributed by atoms with van der Waals surface area (Å²) < 4.78 is 55.2. The summed E-state index contributed by atoms with van der Waals surface area (Å²) in [6.07, 6.45) is -5.50. The number of carbonyl (C=O) groups is 1. The lowest BCUT2D eigenvalue weighted by molar-refractivity contribution is -0.305. The average molecular weight is 348 g/mol. The summed E-state index contributed by atoms with van der Waals surface area (Å²) in [6.45, 7) is 1.90. The molecule has 4 nitrogen and oxygen atoms in total. The Labute approximate surface area is 133 Å². The molecule has 2 rings (SSSR count). The predicted molar refractivity (Wildman–Crippen MR) is 77.8 cm³/mol. The van der Waals surface area contributed by atoms with Crippen molar-refractivity contribution in [1.29, 1.82) is 0 Å². The quantitative estimate of drug-likeness (QED) is 0.852. The highest BCUT2D eigenvalue weighted by Crippen LogP contribution is 2.36. The second-order valence-electron chi connectivity index (χ2n) is 4.66. The Balaban J connectivity index is 2.19. The summed E-state index contributed by atoms with van der Waals surface area (Å²) in [7, 11) is 0.465. The summed E-state index contributed by atoms with van der Waals surface area (Å²) >= 11 is 0.882. The number of carbonyl (C=O) groups excluding carboxylic acids is 1. The Hall–Kier alpha value is -2.00. The first kappa shape index (κ1) is 17.4. The van der Waals surface area contributed by atoms with Gasteiger partial charge in [-0.1, -0.05) is 29.8 Å². The van der Waals surface area contributed by atoms with Gasteiger partial charge in [0.05, 0.1) is 5.69 Å².